The standard InChI is InChI=1S/C29H29BrF2N9O3P/c1-43-24-13-23(40-8-10-44-11-9-40)18(17-14-36-41(16-17)28(31)32)12-22(24)38-29-35-15-19(30)27(39-29)37-21-5-4-20-25(34-7-6-33-20)26(21)45(2,3)42/h4-7,12-16,28H,8-11H2,1-3H3,(H2,35,37,38,39). The van der Waals surface area contributed by atoms with Gasteiger partial charge in [-0.2, -0.15) is 18.9 Å². The van der Waals surface area contributed by atoms with Crippen LogP contribution in [0.25, 0.3) is 22.2 Å². The molecule has 0 atom stereocenters. The van der Waals surface area contributed by atoms with Gasteiger partial charge in [0.15, 0.2) is 0 Å². The van der Waals surface area contributed by atoms with E-state index in [1.807, 2.05) is 6.07 Å². The van der Waals surface area contributed by atoms with Crippen LogP contribution in [0.2, 0.25) is 0 Å². The van der Waals surface area contributed by atoms with Crippen LogP contribution in [0, 0.1) is 0 Å². The minimum atomic E-state index is -2.81. The average Bonchev–Trinajstić information content (AvgIpc) is 3.53. The highest BCUT2D eigenvalue weighted by atomic mass is 79.9. The normalized spacial score (nSPS) is 13.8. The zero-order chi connectivity index (χ0) is 31.7. The van der Waals surface area contributed by atoms with Crippen molar-refractivity contribution in [3.63, 3.8) is 0 Å². The van der Waals surface area contributed by atoms with Gasteiger partial charge < -0.3 is 29.6 Å². The highest BCUT2D eigenvalue weighted by Gasteiger charge is 2.24. The Hall–Kier alpha value is -4.20. The molecule has 5 aromatic rings. The Balaban J connectivity index is 1.39. The molecule has 12 nitrogen and oxygen atoms in total. The fourth-order valence-corrected chi connectivity index (χ4v) is 6.83. The van der Waals surface area contributed by atoms with E-state index in [-0.39, 0.29) is 5.95 Å². The fourth-order valence-electron chi connectivity index (χ4n) is 5.15. The Morgan fingerprint density at radius 2 is 1.82 bits per heavy atom. The highest BCUT2D eigenvalue weighted by molar-refractivity contribution is 9.10. The molecule has 0 saturated carbocycles. The topological polar surface area (TPSA) is 132 Å². The number of fused-ring (bicyclic) bond motifs is 1. The van der Waals surface area contributed by atoms with Gasteiger partial charge in [-0.05, 0) is 47.5 Å². The number of morpholine rings is 1. The van der Waals surface area contributed by atoms with E-state index in [1.165, 1.54) is 12.4 Å². The van der Waals surface area contributed by atoms with E-state index in [0.29, 0.717) is 85.9 Å². The molecule has 6 rings (SSSR count). The molecule has 0 unspecified atom stereocenters. The molecule has 4 heterocycles. The first-order chi connectivity index (χ1) is 21.6. The van der Waals surface area contributed by atoms with Crippen molar-refractivity contribution in [3.05, 3.63) is 59.7 Å². The molecule has 2 N–H and O–H groups in total. The number of halogens is 3. The van der Waals surface area contributed by atoms with E-state index in [0.717, 1.165) is 5.69 Å². The minimum absolute atomic E-state index is 0.227. The summed E-state index contributed by atoms with van der Waals surface area (Å²) in [6.07, 6.45) is 7.46. The molecule has 0 radical (unpaired) electrons. The van der Waals surface area contributed by atoms with Crippen LogP contribution in [0.4, 0.5) is 37.6 Å². The number of nitrogens with one attached hydrogen (secondary N) is 2. The Labute approximate surface area is 265 Å². The van der Waals surface area contributed by atoms with Gasteiger partial charge in [0.25, 0.3) is 0 Å². The predicted octanol–water partition coefficient (Wildman–Crippen LogP) is 6.02. The molecule has 0 spiro atoms. The van der Waals surface area contributed by atoms with Crippen molar-refractivity contribution in [2.75, 3.05) is 62.3 Å². The number of anilines is 5. The molecule has 45 heavy (non-hydrogen) atoms. The zero-order valence-corrected chi connectivity index (χ0v) is 27.0. The van der Waals surface area contributed by atoms with Gasteiger partial charge in [-0.3, -0.25) is 9.97 Å². The van der Waals surface area contributed by atoms with Crippen molar-refractivity contribution < 1.29 is 22.8 Å². The molecule has 3 aromatic heterocycles. The van der Waals surface area contributed by atoms with Crippen LogP contribution in [-0.4, -0.2) is 76.5 Å². The number of aromatic nitrogens is 6. The first kappa shape index (κ1) is 30.8. The number of nitrogens with zero attached hydrogens (tertiary/aromatic N) is 7. The molecular formula is C29H29BrF2N9O3P. The summed E-state index contributed by atoms with van der Waals surface area (Å²) in [6.45, 7) is 2.92. The van der Waals surface area contributed by atoms with Gasteiger partial charge in [0.2, 0.25) is 5.95 Å². The van der Waals surface area contributed by atoms with Gasteiger partial charge in [0.1, 0.15) is 24.2 Å². The lowest BCUT2D eigenvalue weighted by Gasteiger charge is -2.31. The first-order valence-corrected chi connectivity index (χ1v) is 17.2. The van der Waals surface area contributed by atoms with Crippen molar-refractivity contribution >= 4 is 68.2 Å². The van der Waals surface area contributed by atoms with Gasteiger partial charge in [0.05, 0.1) is 53.2 Å². The number of benzene rings is 2. The third kappa shape index (κ3) is 6.46. The maximum Gasteiger partial charge on any atom is 0.333 e. The lowest BCUT2D eigenvalue weighted by molar-refractivity contribution is 0.0566. The summed E-state index contributed by atoms with van der Waals surface area (Å²) in [4.78, 5) is 20.0. The molecule has 1 saturated heterocycles. The van der Waals surface area contributed by atoms with Gasteiger partial charge in [-0.1, -0.05) is 0 Å². The molecule has 1 aliphatic rings. The van der Waals surface area contributed by atoms with Crippen molar-refractivity contribution in [2.45, 2.75) is 6.55 Å². The number of alkyl halides is 2. The smallest absolute Gasteiger partial charge is 0.333 e. The summed E-state index contributed by atoms with van der Waals surface area (Å²) in [5.41, 5.74) is 4.25. The van der Waals surface area contributed by atoms with E-state index in [4.69, 9.17) is 9.47 Å². The summed E-state index contributed by atoms with van der Waals surface area (Å²) in [5, 5.41) is 10.9. The van der Waals surface area contributed by atoms with Crippen molar-refractivity contribution in [3.8, 4) is 16.9 Å². The zero-order valence-electron chi connectivity index (χ0n) is 24.5. The molecule has 2 aromatic carbocycles. The van der Waals surface area contributed by atoms with Crippen LogP contribution in [0.1, 0.15) is 6.55 Å². The summed E-state index contributed by atoms with van der Waals surface area (Å²) in [7, 11) is -1.26. The molecule has 0 bridgehead atoms. The van der Waals surface area contributed by atoms with Crippen LogP contribution >= 0.6 is 23.1 Å². The SMILES string of the molecule is COc1cc(N2CCOCC2)c(-c2cnn(C(F)F)c2)cc1Nc1ncc(Br)c(Nc2ccc3nccnc3c2P(C)(C)=O)n1. The third-order valence-corrected chi connectivity index (χ3v) is 9.29. The number of methoxy groups -OCH3 is 1. The second kappa shape index (κ2) is 12.7. The van der Waals surface area contributed by atoms with Gasteiger partial charge in [0, 0.05) is 60.8 Å². The van der Waals surface area contributed by atoms with Crippen LogP contribution in [0.5, 0.6) is 5.75 Å². The fraction of sp³-hybridized carbons (Fsp3) is 0.276. The molecule has 1 aliphatic heterocycles. The van der Waals surface area contributed by atoms with Crippen molar-refractivity contribution in [1.29, 1.82) is 0 Å². The Bertz CT molecular complexity index is 1910. The maximum absolute atomic E-state index is 13.4. The molecule has 1 fully saturated rings. The summed E-state index contributed by atoms with van der Waals surface area (Å²) < 4.78 is 52.7. The van der Waals surface area contributed by atoms with Crippen LogP contribution in [0.3, 0.4) is 0 Å². The van der Waals surface area contributed by atoms with Crippen LogP contribution < -0.4 is 25.6 Å². The van der Waals surface area contributed by atoms with Crippen LogP contribution in [-0.2, 0) is 9.30 Å². The van der Waals surface area contributed by atoms with Gasteiger partial charge >= 0.3 is 6.55 Å². The quantitative estimate of drug-likeness (QED) is 0.175. The number of hydrogen-bond acceptors (Lipinski definition) is 11. The first-order valence-electron chi connectivity index (χ1n) is 13.9. The molecular weight excluding hydrogens is 671 g/mol. The van der Waals surface area contributed by atoms with Crippen molar-refractivity contribution in [2.24, 2.45) is 0 Å². The lowest BCUT2D eigenvalue weighted by atomic mass is 10.0. The summed E-state index contributed by atoms with van der Waals surface area (Å²) >= 11 is 3.51. The number of rotatable bonds is 9. The second-order valence-corrected chi connectivity index (χ2v) is 14.5. The second-order valence-electron chi connectivity index (χ2n) is 10.5. The number of ether oxygens (including phenoxy) is 2. The monoisotopic (exact) mass is 699 g/mol. The van der Waals surface area contributed by atoms with E-state index in [1.54, 1.807) is 57.2 Å². The van der Waals surface area contributed by atoms with Gasteiger partial charge in [-0.25, -0.2) is 9.67 Å². The van der Waals surface area contributed by atoms with Crippen LogP contribution in [0.15, 0.2) is 59.7 Å². The average molecular weight is 700 g/mol. The van der Waals surface area contributed by atoms with E-state index < -0.39 is 13.7 Å². The predicted molar refractivity (Wildman–Crippen MR) is 173 cm³/mol. The molecule has 0 amide bonds. The molecule has 234 valence electrons. The van der Waals surface area contributed by atoms with Gasteiger partial charge in [-0.15, -0.1) is 0 Å². The Morgan fingerprint density at radius 1 is 1.04 bits per heavy atom. The summed E-state index contributed by atoms with van der Waals surface area (Å²) in [6, 6.07) is 7.26. The summed E-state index contributed by atoms with van der Waals surface area (Å²) in [5.74, 6) is 1.13. The highest BCUT2D eigenvalue weighted by Crippen LogP contribution is 2.43. The molecule has 16 heteroatoms. The largest absolute Gasteiger partial charge is 0.494 e. The van der Waals surface area contributed by atoms with E-state index in [9.17, 15) is 13.3 Å². The number of hydrogen-bond donors (Lipinski definition) is 2. The Morgan fingerprint density at radius 3 is 2.53 bits per heavy atom. The molecule has 0 aliphatic carbocycles. The third-order valence-electron chi connectivity index (χ3n) is 7.18. The van der Waals surface area contributed by atoms with E-state index in [2.05, 4.69) is 56.5 Å². The lowest BCUT2D eigenvalue weighted by Crippen LogP contribution is -2.36. The minimum Gasteiger partial charge on any atom is -0.494 e. The van der Waals surface area contributed by atoms with E-state index >= 15 is 0 Å². The Kier molecular flexibility index (Phi) is 8.67. The van der Waals surface area contributed by atoms with Crippen molar-refractivity contribution in [1.82, 2.24) is 29.7 Å². The maximum atomic E-state index is 13.4.